The number of aromatic carboxylic acids is 1. The molecule has 2 aromatic rings. The molecule has 0 bridgehead atoms. The maximum absolute atomic E-state index is 11.1. The molecule has 0 spiro atoms. The average Bonchev–Trinajstić information content (AvgIpc) is 2.39. The first-order chi connectivity index (χ1) is 8.65. The molecule has 2 rings (SSSR count). The third-order valence-corrected chi connectivity index (χ3v) is 3.02. The van der Waals surface area contributed by atoms with Gasteiger partial charge in [0.2, 0.25) is 0 Å². The molecular formula is C14H9ClO3. The zero-order valence-corrected chi connectivity index (χ0v) is 10.0. The van der Waals surface area contributed by atoms with Crippen LogP contribution in [0.2, 0.25) is 5.02 Å². The summed E-state index contributed by atoms with van der Waals surface area (Å²) < 4.78 is 0. The summed E-state index contributed by atoms with van der Waals surface area (Å²) in [6.07, 6.45) is 0.580. The number of carboxylic acids is 1. The van der Waals surface area contributed by atoms with E-state index in [-0.39, 0.29) is 16.1 Å². The quantitative estimate of drug-likeness (QED) is 0.859. The van der Waals surface area contributed by atoms with Gasteiger partial charge in [-0.3, -0.25) is 4.79 Å². The summed E-state index contributed by atoms with van der Waals surface area (Å²) in [5.74, 6) is -1.15. The van der Waals surface area contributed by atoms with E-state index in [1.54, 1.807) is 6.07 Å². The molecule has 0 heterocycles. The van der Waals surface area contributed by atoms with Gasteiger partial charge in [-0.2, -0.15) is 0 Å². The zero-order valence-electron chi connectivity index (χ0n) is 9.26. The Bertz CT molecular complexity index is 606. The molecule has 0 atom stereocenters. The topological polar surface area (TPSA) is 54.4 Å². The fourth-order valence-electron chi connectivity index (χ4n) is 1.74. The maximum atomic E-state index is 11.1. The molecule has 18 heavy (non-hydrogen) atoms. The van der Waals surface area contributed by atoms with Crippen molar-refractivity contribution in [3.63, 3.8) is 0 Å². The predicted octanol–water partition coefficient (Wildman–Crippen LogP) is 3.52. The van der Waals surface area contributed by atoms with E-state index >= 15 is 0 Å². The van der Waals surface area contributed by atoms with Crippen molar-refractivity contribution in [3.8, 4) is 11.1 Å². The number of hydrogen-bond acceptors (Lipinski definition) is 2. The van der Waals surface area contributed by atoms with Crippen molar-refractivity contribution in [2.24, 2.45) is 0 Å². The molecular weight excluding hydrogens is 252 g/mol. The number of carboxylic acid groups (broad SMARTS) is 1. The number of aldehydes is 1. The van der Waals surface area contributed by atoms with E-state index in [9.17, 15) is 9.59 Å². The first kappa shape index (κ1) is 12.3. The van der Waals surface area contributed by atoms with Crippen LogP contribution >= 0.6 is 11.6 Å². The summed E-state index contributed by atoms with van der Waals surface area (Å²) in [7, 11) is 0. The van der Waals surface area contributed by atoms with Crippen LogP contribution in [0.4, 0.5) is 0 Å². The highest BCUT2D eigenvalue weighted by Crippen LogP contribution is 2.30. The Labute approximate surface area is 109 Å². The molecule has 0 saturated carbocycles. The minimum atomic E-state index is -1.15. The normalized spacial score (nSPS) is 10.1. The Morgan fingerprint density at radius 3 is 2.33 bits per heavy atom. The van der Waals surface area contributed by atoms with Crippen molar-refractivity contribution in [1.29, 1.82) is 0 Å². The fraction of sp³-hybridized carbons (Fsp3) is 0. The molecule has 0 aliphatic heterocycles. The summed E-state index contributed by atoms with van der Waals surface area (Å²) in [5, 5.41) is 8.92. The zero-order chi connectivity index (χ0) is 13.1. The maximum Gasteiger partial charge on any atom is 0.337 e. The van der Waals surface area contributed by atoms with E-state index in [1.165, 1.54) is 6.07 Å². The second-order valence-corrected chi connectivity index (χ2v) is 4.06. The second-order valence-electron chi connectivity index (χ2n) is 3.68. The highest BCUT2D eigenvalue weighted by atomic mass is 35.5. The van der Waals surface area contributed by atoms with Crippen molar-refractivity contribution in [2.45, 2.75) is 0 Å². The van der Waals surface area contributed by atoms with Crippen LogP contribution in [0.15, 0.2) is 42.5 Å². The van der Waals surface area contributed by atoms with Crippen LogP contribution in [0.1, 0.15) is 20.7 Å². The lowest BCUT2D eigenvalue weighted by molar-refractivity contribution is 0.0697. The lowest BCUT2D eigenvalue weighted by atomic mass is 9.98. The Kier molecular flexibility index (Phi) is 3.44. The number of halogens is 1. The van der Waals surface area contributed by atoms with E-state index < -0.39 is 5.97 Å². The van der Waals surface area contributed by atoms with Gasteiger partial charge in [-0.15, -0.1) is 0 Å². The first-order valence-electron chi connectivity index (χ1n) is 5.21. The van der Waals surface area contributed by atoms with Crippen LogP contribution in [-0.2, 0) is 0 Å². The first-order valence-corrected chi connectivity index (χ1v) is 5.59. The number of carbonyl (C=O) groups excluding carboxylic acids is 1. The molecule has 0 aliphatic rings. The van der Waals surface area contributed by atoms with Crippen LogP contribution in [0, 0.1) is 0 Å². The molecule has 3 nitrogen and oxygen atoms in total. The molecule has 0 radical (unpaired) electrons. The average molecular weight is 261 g/mol. The molecule has 0 amide bonds. The van der Waals surface area contributed by atoms with Crippen molar-refractivity contribution >= 4 is 23.9 Å². The summed E-state index contributed by atoms with van der Waals surface area (Å²) in [6.45, 7) is 0. The second kappa shape index (κ2) is 5.02. The molecule has 2 aromatic carbocycles. The van der Waals surface area contributed by atoms with Crippen LogP contribution in [0.3, 0.4) is 0 Å². The molecule has 4 heteroatoms. The molecule has 90 valence electrons. The SMILES string of the molecule is O=Cc1c(-c2ccccc2)ccc(C(=O)O)c1Cl. The van der Waals surface area contributed by atoms with Gasteiger partial charge in [0.15, 0.2) is 6.29 Å². The molecule has 0 saturated heterocycles. The van der Waals surface area contributed by atoms with Gasteiger partial charge in [-0.25, -0.2) is 4.79 Å². The highest BCUT2D eigenvalue weighted by Gasteiger charge is 2.16. The molecule has 0 aliphatic carbocycles. The third kappa shape index (κ3) is 2.13. The monoisotopic (exact) mass is 260 g/mol. The van der Waals surface area contributed by atoms with Gasteiger partial charge in [0.25, 0.3) is 0 Å². The lowest BCUT2D eigenvalue weighted by Gasteiger charge is -2.09. The van der Waals surface area contributed by atoms with Gasteiger partial charge in [0.1, 0.15) is 0 Å². The minimum Gasteiger partial charge on any atom is -0.478 e. The van der Waals surface area contributed by atoms with Crippen molar-refractivity contribution in [3.05, 3.63) is 58.6 Å². The van der Waals surface area contributed by atoms with Crippen molar-refractivity contribution < 1.29 is 14.7 Å². The Balaban J connectivity index is 2.67. The number of carbonyl (C=O) groups is 2. The minimum absolute atomic E-state index is 0.0288. The van der Waals surface area contributed by atoms with E-state index in [0.717, 1.165) is 5.56 Å². The summed E-state index contributed by atoms with van der Waals surface area (Å²) >= 11 is 5.95. The van der Waals surface area contributed by atoms with Gasteiger partial charge in [-0.05, 0) is 17.2 Å². The van der Waals surface area contributed by atoms with Crippen molar-refractivity contribution in [1.82, 2.24) is 0 Å². The van der Waals surface area contributed by atoms with E-state index in [1.807, 2.05) is 30.3 Å². The summed E-state index contributed by atoms with van der Waals surface area (Å²) in [6, 6.07) is 12.2. The smallest absolute Gasteiger partial charge is 0.337 e. The predicted molar refractivity (Wildman–Crippen MR) is 69.2 cm³/mol. The van der Waals surface area contributed by atoms with Crippen molar-refractivity contribution in [2.75, 3.05) is 0 Å². The van der Waals surface area contributed by atoms with Crippen LogP contribution < -0.4 is 0 Å². The largest absolute Gasteiger partial charge is 0.478 e. The van der Waals surface area contributed by atoms with Gasteiger partial charge < -0.3 is 5.11 Å². The van der Waals surface area contributed by atoms with Crippen LogP contribution in [0.25, 0.3) is 11.1 Å². The molecule has 1 N–H and O–H groups in total. The Morgan fingerprint density at radius 1 is 1.11 bits per heavy atom. The Morgan fingerprint density at radius 2 is 1.78 bits per heavy atom. The van der Waals surface area contributed by atoms with Crippen LogP contribution in [0.5, 0.6) is 0 Å². The molecule has 0 aromatic heterocycles. The third-order valence-electron chi connectivity index (χ3n) is 2.61. The van der Waals surface area contributed by atoms with E-state index in [0.29, 0.717) is 11.8 Å². The number of hydrogen-bond donors (Lipinski definition) is 1. The molecule has 0 unspecified atom stereocenters. The highest BCUT2D eigenvalue weighted by molar-refractivity contribution is 6.36. The standard InChI is InChI=1S/C14H9ClO3/c15-13-11(14(17)18)7-6-10(12(13)8-16)9-4-2-1-3-5-9/h1-8H,(H,17,18). The van der Waals surface area contributed by atoms with Gasteiger partial charge in [0, 0.05) is 5.56 Å². The van der Waals surface area contributed by atoms with Gasteiger partial charge in [-0.1, -0.05) is 48.0 Å². The van der Waals surface area contributed by atoms with Gasteiger partial charge >= 0.3 is 5.97 Å². The fourth-order valence-corrected chi connectivity index (χ4v) is 2.03. The number of benzene rings is 2. The molecule has 0 fully saturated rings. The summed E-state index contributed by atoms with van der Waals surface area (Å²) in [4.78, 5) is 22.1. The lowest BCUT2D eigenvalue weighted by Crippen LogP contribution is -2.01. The Hall–Kier alpha value is -2.13. The van der Waals surface area contributed by atoms with E-state index in [2.05, 4.69) is 0 Å². The number of rotatable bonds is 3. The van der Waals surface area contributed by atoms with E-state index in [4.69, 9.17) is 16.7 Å². The van der Waals surface area contributed by atoms with Crippen LogP contribution in [-0.4, -0.2) is 17.4 Å². The van der Waals surface area contributed by atoms with Gasteiger partial charge in [0.05, 0.1) is 10.6 Å². The summed E-state index contributed by atoms with van der Waals surface area (Å²) in [5.41, 5.74) is 1.57.